The summed E-state index contributed by atoms with van der Waals surface area (Å²) in [4.78, 5) is 20.1. The minimum absolute atomic E-state index is 0.240. The molecular weight excluding hydrogens is 264 g/mol. The van der Waals surface area contributed by atoms with Crippen molar-refractivity contribution in [1.82, 2.24) is 15.3 Å². The van der Waals surface area contributed by atoms with E-state index in [2.05, 4.69) is 39.3 Å². The zero-order valence-electron chi connectivity index (χ0n) is 12.0. The van der Waals surface area contributed by atoms with Gasteiger partial charge in [0.1, 0.15) is 5.69 Å². The summed E-state index contributed by atoms with van der Waals surface area (Å²) in [6, 6.07) is 9.77. The minimum Gasteiger partial charge on any atom is -0.350 e. The molecule has 2 aromatic rings. The Morgan fingerprint density at radius 2 is 2.05 bits per heavy atom. The second-order valence-electron chi connectivity index (χ2n) is 4.60. The Bertz CT molecular complexity index is 622. The Morgan fingerprint density at radius 1 is 1.29 bits per heavy atom. The highest BCUT2D eigenvalue weighted by molar-refractivity contribution is 5.92. The highest BCUT2D eigenvalue weighted by Crippen LogP contribution is 2.06. The summed E-state index contributed by atoms with van der Waals surface area (Å²) in [6.45, 7) is 6.62. The van der Waals surface area contributed by atoms with Crippen LogP contribution in [0.4, 0.5) is 5.95 Å². The van der Waals surface area contributed by atoms with Crippen molar-refractivity contribution in [3.63, 3.8) is 0 Å². The molecule has 0 spiro atoms. The average Bonchev–Trinajstić information content (AvgIpc) is 2.52. The molecule has 0 radical (unpaired) electrons. The topological polar surface area (TPSA) is 66.9 Å². The number of aromatic nitrogens is 2. The fraction of sp³-hybridized carbons (Fsp3) is 0.188. The Balaban J connectivity index is 1.99. The van der Waals surface area contributed by atoms with Gasteiger partial charge in [-0.1, -0.05) is 35.9 Å². The standard InChI is InChI=1S/C16H18N4O/c1-3-9-17-15(21)14-8-10-18-16(20-14)19-11-13-6-4-12(2)5-7-13/h3-8,10H,1,9,11H2,2H3,(H,17,21)(H,18,19,20). The molecule has 0 saturated carbocycles. The lowest BCUT2D eigenvalue weighted by Crippen LogP contribution is -2.24. The number of aryl methyl sites for hydroxylation is 1. The van der Waals surface area contributed by atoms with Crippen LogP contribution >= 0.6 is 0 Å². The molecule has 2 rings (SSSR count). The maximum atomic E-state index is 11.8. The molecule has 0 bridgehead atoms. The van der Waals surface area contributed by atoms with Crippen LogP contribution in [0.2, 0.25) is 0 Å². The van der Waals surface area contributed by atoms with Crippen molar-refractivity contribution in [3.05, 3.63) is 66.0 Å². The molecule has 1 amide bonds. The van der Waals surface area contributed by atoms with Gasteiger partial charge < -0.3 is 10.6 Å². The highest BCUT2D eigenvalue weighted by Gasteiger charge is 2.07. The van der Waals surface area contributed by atoms with Crippen LogP contribution in [0.5, 0.6) is 0 Å². The van der Waals surface area contributed by atoms with Gasteiger partial charge in [0.2, 0.25) is 5.95 Å². The lowest BCUT2D eigenvalue weighted by Gasteiger charge is -2.07. The Kier molecular flexibility index (Phi) is 5.04. The first-order valence-corrected chi connectivity index (χ1v) is 6.70. The largest absolute Gasteiger partial charge is 0.350 e. The van der Waals surface area contributed by atoms with Gasteiger partial charge in [-0.3, -0.25) is 4.79 Å². The number of nitrogens with one attached hydrogen (secondary N) is 2. The molecule has 0 fully saturated rings. The van der Waals surface area contributed by atoms with Gasteiger partial charge in [-0.25, -0.2) is 9.97 Å². The van der Waals surface area contributed by atoms with Crippen LogP contribution < -0.4 is 10.6 Å². The maximum Gasteiger partial charge on any atom is 0.270 e. The van der Waals surface area contributed by atoms with Crippen LogP contribution in [0.15, 0.2) is 49.2 Å². The van der Waals surface area contributed by atoms with Crippen LogP contribution in [0.1, 0.15) is 21.6 Å². The van der Waals surface area contributed by atoms with Gasteiger partial charge in [-0.05, 0) is 18.6 Å². The lowest BCUT2D eigenvalue weighted by atomic mass is 10.1. The molecule has 1 heterocycles. The second kappa shape index (κ2) is 7.19. The van der Waals surface area contributed by atoms with E-state index in [-0.39, 0.29) is 5.91 Å². The third-order valence-corrected chi connectivity index (χ3v) is 2.87. The van der Waals surface area contributed by atoms with Gasteiger partial charge in [0.05, 0.1) is 0 Å². The summed E-state index contributed by atoms with van der Waals surface area (Å²) < 4.78 is 0. The van der Waals surface area contributed by atoms with Crippen molar-refractivity contribution >= 4 is 11.9 Å². The number of hydrogen-bond acceptors (Lipinski definition) is 4. The van der Waals surface area contributed by atoms with Crippen LogP contribution in [-0.2, 0) is 6.54 Å². The van der Waals surface area contributed by atoms with Crippen molar-refractivity contribution < 1.29 is 4.79 Å². The lowest BCUT2D eigenvalue weighted by molar-refractivity contribution is 0.0953. The minimum atomic E-state index is -0.240. The van der Waals surface area contributed by atoms with Crippen LogP contribution in [0, 0.1) is 6.92 Å². The van der Waals surface area contributed by atoms with Crippen molar-refractivity contribution in [3.8, 4) is 0 Å². The summed E-state index contributed by atoms with van der Waals surface area (Å²) in [6.07, 6.45) is 3.18. The molecule has 0 saturated heterocycles. The molecule has 0 unspecified atom stereocenters. The summed E-state index contributed by atoms with van der Waals surface area (Å²) in [7, 11) is 0. The molecule has 5 nitrogen and oxygen atoms in total. The number of benzene rings is 1. The number of amides is 1. The molecule has 1 aromatic heterocycles. The van der Waals surface area contributed by atoms with Crippen LogP contribution in [0.3, 0.4) is 0 Å². The number of carbonyl (C=O) groups excluding carboxylic acids is 1. The van der Waals surface area contributed by atoms with E-state index in [0.717, 1.165) is 5.56 Å². The molecule has 0 aliphatic heterocycles. The van der Waals surface area contributed by atoms with E-state index in [1.807, 2.05) is 19.1 Å². The smallest absolute Gasteiger partial charge is 0.270 e. The Morgan fingerprint density at radius 3 is 2.76 bits per heavy atom. The number of rotatable bonds is 6. The molecule has 0 aliphatic rings. The van der Waals surface area contributed by atoms with E-state index in [1.165, 1.54) is 5.56 Å². The first-order chi connectivity index (χ1) is 10.2. The molecule has 5 heteroatoms. The zero-order valence-corrected chi connectivity index (χ0v) is 12.0. The van der Waals surface area contributed by atoms with Gasteiger partial charge >= 0.3 is 0 Å². The average molecular weight is 282 g/mol. The molecular formula is C16H18N4O. The highest BCUT2D eigenvalue weighted by atomic mass is 16.1. The molecule has 108 valence electrons. The van der Waals surface area contributed by atoms with Crippen LogP contribution in [-0.4, -0.2) is 22.4 Å². The Hall–Kier alpha value is -2.69. The van der Waals surface area contributed by atoms with Gasteiger partial charge in [0.25, 0.3) is 5.91 Å². The van der Waals surface area contributed by atoms with E-state index in [1.54, 1.807) is 18.3 Å². The maximum absolute atomic E-state index is 11.8. The van der Waals surface area contributed by atoms with Gasteiger partial charge in [0.15, 0.2) is 0 Å². The van der Waals surface area contributed by atoms with Crippen LogP contribution in [0.25, 0.3) is 0 Å². The zero-order chi connectivity index (χ0) is 15.1. The van der Waals surface area contributed by atoms with Crippen molar-refractivity contribution in [2.45, 2.75) is 13.5 Å². The van der Waals surface area contributed by atoms with E-state index >= 15 is 0 Å². The van der Waals surface area contributed by atoms with Gasteiger partial charge in [-0.2, -0.15) is 0 Å². The number of carbonyl (C=O) groups is 1. The number of nitrogens with zero attached hydrogens (tertiary/aromatic N) is 2. The van der Waals surface area contributed by atoms with Crippen molar-refractivity contribution in [2.75, 3.05) is 11.9 Å². The summed E-state index contributed by atoms with van der Waals surface area (Å²) in [5, 5.41) is 5.79. The normalized spacial score (nSPS) is 9.95. The second-order valence-corrected chi connectivity index (χ2v) is 4.60. The summed E-state index contributed by atoms with van der Waals surface area (Å²) in [5.74, 6) is 0.192. The predicted octanol–water partition coefficient (Wildman–Crippen LogP) is 2.31. The van der Waals surface area contributed by atoms with E-state index in [9.17, 15) is 4.79 Å². The van der Waals surface area contributed by atoms with Gasteiger partial charge in [0, 0.05) is 19.3 Å². The number of hydrogen-bond donors (Lipinski definition) is 2. The SMILES string of the molecule is C=CCNC(=O)c1ccnc(NCc2ccc(C)cc2)n1. The third kappa shape index (κ3) is 4.42. The third-order valence-electron chi connectivity index (χ3n) is 2.87. The predicted molar refractivity (Wildman–Crippen MR) is 83.1 cm³/mol. The van der Waals surface area contributed by atoms with Crippen molar-refractivity contribution in [2.24, 2.45) is 0 Å². The Labute approximate surface area is 124 Å². The fourth-order valence-electron chi connectivity index (χ4n) is 1.71. The van der Waals surface area contributed by atoms with E-state index < -0.39 is 0 Å². The molecule has 0 atom stereocenters. The quantitative estimate of drug-likeness (QED) is 0.798. The van der Waals surface area contributed by atoms with E-state index in [0.29, 0.717) is 24.7 Å². The number of anilines is 1. The molecule has 21 heavy (non-hydrogen) atoms. The first-order valence-electron chi connectivity index (χ1n) is 6.70. The van der Waals surface area contributed by atoms with E-state index in [4.69, 9.17) is 0 Å². The monoisotopic (exact) mass is 282 g/mol. The first kappa shape index (κ1) is 14.7. The van der Waals surface area contributed by atoms with Crippen molar-refractivity contribution in [1.29, 1.82) is 0 Å². The summed E-state index contributed by atoms with van der Waals surface area (Å²) >= 11 is 0. The summed E-state index contributed by atoms with van der Waals surface area (Å²) in [5.41, 5.74) is 2.68. The fourth-order valence-corrected chi connectivity index (χ4v) is 1.71. The molecule has 0 aliphatic carbocycles. The molecule has 2 N–H and O–H groups in total. The molecule has 1 aromatic carbocycles. The van der Waals surface area contributed by atoms with Gasteiger partial charge in [-0.15, -0.1) is 6.58 Å².